The van der Waals surface area contributed by atoms with E-state index in [0.29, 0.717) is 0 Å². The average Bonchev–Trinajstić information content (AvgIpc) is 3.78. The average molecular weight is 569 g/mol. The largest absolute Gasteiger partial charge is 0.307 e. The smallest absolute Gasteiger partial charge is 0.144 e. The molecule has 0 saturated carbocycles. The summed E-state index contributed by atoms with van der Waals surface area (Å²) >= 11 is 0. The van der Waals surface area contributed by atoms with Crippen molar-refractivity contribution in [3.63, 3.8) is 0 Å². The van der Waals surface area contributed by atoms with Crippen LogP contribution in [0.1, 0.15) is 0 Å². The number of rotatable bonds is 4. The fourth-order valence-electron chi connectivity index (χ4n) is 6.79. The van der Waals surface area contributed by atoms with Crippen molar-refractivity contribution < 1.29 is 4.39 Å². The van der Waals surface area contributed by atoms with Crippen LogP contribution in [-0.2, 0) is 0 Å². The van der Waals surface area contributed by atoms with Crippen LogP contribution in [0.3, 0.4) is 0 Å². The van der Waals surface area contributed by atoms with Gasteiger partial charge in [0, 0.05) is 39.5 Å². The van der Waals surface area contributed by atoms with Gasteiger partial charge in [-0.15, -0.1) is 0 Å². The number of halogens is 1. The van der Waals surface area contributed by atoms with Crippen LogP contribution in [0.2, 0.25) is 0 Å². The number of fused-ring (bicyclic) bond motifs is 6. The van der Waals surface area contributed by atoms with Crippen LogP contribution in [0.4, 0.5) is 4.39 Å². The van der Waals surface area contributed by atoms with Gasteiger partial charge in [0.1, 0.15) is 11.6 Å². The van der Waals surface area contributed by atoms with Crippen molar-refractivity contribution in [3.05, 3.63) is 158 Å². The number of aromatic nitrogens is 4. The normalized spacial score (nSPS) is 11.8. The van der Waals surface area contributed by atoms with E-state index in [9.17, 15) is 4.39 Å². The van der Waals surface area contributed by atoms with Crippen LogP contribution in [0, 0.1) is 5.82 Å². The molecule has 0 aliphatic heterocycles. The molecule has 0 unspecified atom stereocenters. The molecule has 9 aromatic rings. The van der Waals surface area contributed by atoms with Crippen LogP contribution in [-0.4, -0.2) is 18.7 Å². The molecule has 0 amide bonds. The summed E-state index contributed by atoms with van der Waals surface area (Å²) in [6.45, 7) is 0. The van der Waals surface area contributed by atoms with Gasteiger partial charge < -0.3 is 9.13 Å². The van der Waals surface area contributed by atoms with Crippen molar-refractivity contribution in [2.24, 2.45) is 0 Å². The first-order valence-corrected chi connectivity index (χ1v) is 14.7. The van der Waals surface area contributed by atoms with Gasteiger partial charge in [-0.05, 0) is 60.7 Å². The maximum atomic E-state index is 14.0. The Kier molecular flexibility index (Phi) is 5.34. The van der Waals surface area contributed by atoms with Gasteiger partial charge in [-0.2, -0.15) is 0 Å². The number of imidazole rings is 1. The first-order chi connectivity index (χ1) is 21.8. The predicted octanol–water partition coefficient (Wildman–Crippen LogP) is 9.87. The standard InChI is InChI=1S/C39H25FN4/c40-27-22-20-26(21-23-27)39-41-24-25-42(39)38-36(43-32-14-5-1-10-28(32)29-11-2-6-15-33(29)43)18-9-19-37(38)44-34-16-7-3-12-30(34)31-13-4-8-17-35(31)44/h1-25H. The molecular formula is C39H25FN4. The van der Waals surface area contributed by atoms with Gasteiger partial charge in [0.15, 0.2) is 0 Å². The fraction of sp³-hybridized carbons (Fsp3) is 0. The van der Waals surface area contributed by atoms with Crippen molar-refractivity contribution in [2.75, 3.05) is 0 Å². The molecule has 0 N–H and O–H groups in total. The van der Waals surface area contributed by atoms with E-state index < -0.39 is 0 Å². The molecule has 44 heavy (non-hydrogen) atoms. The van der Waals surface area contributed by atoms with Gasteiger partial charge in [0.25, 0.3) is 0 Å². The molecule has 0 fully saturated rings. The summed E-state index contributed by atoms with van der Waals surface area (Å²) in [5.74, 6) is 0.462. The molecule has 5 heteroatoms. The number of hydrogen-bond donors (Lipinski definition) is 0. The monoisotopic (exact) mass is 568 g/mol. The summed E-state index contributed by atoms with van der Waals surface area (Å²) in [6.07, 6.45) is 3.82. The quantitative estimate of drug-likeness (QED) is 0.208. The minimum Gasteiger partial charge on any atom is -0.307 e. The zero-order valence-electron chi connectivity index (χ0n) is 23.6. The summed E-state index contributed by atoms with van der Waals surface area (Å²) in [4.78, 5) is 4.81. The zero-order chi connectivity index (χ0) is 29.2. The Morgan fingerprint density at radius 3 is 1.34 bits per heavy atom. The highest BCUT2D eigenvalue weighted by Gasteiger charge is 2.23. The topological polar surface area (TPSA) is 27.7 Å². The molecule has 0 atom stereocenters. The third kappa shape index (κ3) is 3.53. The second kappa shape index (κ2) is 9.54. The summed E-state index contributed by atoms with van der Waals surface area (Å²) in [5.41, 5.74) is 8.33. The summed E-state index contributed by atoms with van der Waals surface area (Å²) in [5, 5.41) is 4.78. The molecule has 0 aliphatic carbocycles. The Morgan fingerprint density at radius 2 is 0.886 bits per heavy atom. The maximum absolute atomic E-state index is 14.0. The Bertz CT molecular complexity index is 2270. The van der Waals surface area contributed by atoms with Crippen LogP contribution < -0.4 is 0 Å². The van der Waals surface area contributed by atoms with Crippen LogP contribution in [0.5, 0.6) is 0 Å². The van der Waals surface area contributed by atoms with Crippen LogP contribution >= 0.6 is 0 Å². The SMILES string of the molecule is Fc1ccc(-c2nccn2-c2c(-n3c4ccccc4c4ccccc43)cccc2-n2c3ccccc3c3ccccc32)cc1. The van der Waals surface area contributed by atoms with Gasteiger partial charge in [-0.3, -0.25) is 4.57 Å². The molecule has 0 saturated heterocycles. The third-order valence-corrected chi connectivity index (χ3v) is 8.62. The number of benzene rings is 6. The molecule has 4 nitrogen and oxygen atoms in total. The first-order valence-electron chi connectivity index (χ1n) is 14.7. The molecule has 3 aromatic heterocycles. The van der Waals surface area contributed by atoms with E-state index in [1.54, 1.807) is 12.1 Å². The van der Waals surface area contributed by atoms with Gasteiger partial charge in [0.2, 0.25) is 0 Å². The number of nitrogens with zero attached hydrogens (tertiary/aromatic N) is 4. The molecule has 0 spiro atoms. The molecule has 6 aromatic carbocycles. The second-order valence-corrected chi connectivity index (χ2v) is 11.0. The second-order valence-electron chi connectivity index (χ2n) is 11.0. The van der Waals surface area contributed by atoms with E-state index in [1.807, 2.05) is 12.4 Å². The summed E-state index contributed by atoms with van der Waals surface area (Å²) < 4.78 is 20.9. The lowest BCUT2D eigenvalue weighted by atomic mass is 10.1. The van der Waals surface area contributed by atoms with E-state index in [0.717, 1.165) is 50.5 Å². The van der Waals surface area contributed by atoms with E-state index in [2.05, 4.69) is 129 Å². The molecule has 0 bridgehead atoms. The lowest BCUT2D eigenvalue weighted by molar-refractivity contribution is 0.628. The molecule has 0 aliphatic rings. The summed E-state index contributed by atoms with van der Waals surface area (Å²) in [6, 6.07) is 47.3. The lowest BCUT2D eigenvalue weighted by Gasteiger charge is -2.21. The van der Waals surface area contributed by atoms with E-state index in [4.69, 9.17) is 4.98 Å². The maximum Gasteiger partial charge on any atom is 0.144 e. The zero-order valence-corrected chi connectivity index (χ0v) is 23.6. The van der Waals surface area contributed by atoms with Gasteiger partial charge in [0.05, 0.1) is 39.1 Å². The van der Waals surface area contributed by atoms with Crippen molar-refractivity contribution >= 4 is 43.6 Å². The minimum absolute atomic E-state index is 0.275. The number of para-hydroxylation sites is 5. The van der Waals surface area contributed by atoms with Crippen molar-refractivity contribution in [2.45, 2.75) is 0 Å². The Labute approximate surface area is 252 Å². The van der Waals surface area contributed by atoms with E-state index in [-0.39, 0.29) is 5.82 Å². The molecule has 208 valence electrons. The lowest BCUT2D eigenvalue weighted by Crippen LogP contribution is -2.09. The molecule has 0 radical (unpaired) electrons. The third-order valence-electron chi connectivity index (χ3n) is 8.62. The Balaban J connectivity index is 1.46. The van der Waals surface area contributed by atoms with Crippen molar-refractivity contribution in [1.29, 1.82) is 0 Å². The van der Waals surface area contributed by atoms with Gasteiger partial charge >= 0.3 is 0 Å². The van der Waals surface area contributed by atoms with Crippen LogP contribution in [0.15, 0.2) is 152 Å². The van der Waals surface area contributed by atoms with E-state index in [1.165, 1.54) is 33.7 Å². The highest BCUT2D eigenvalue weighted by Crippen LogP contribution is 2.40. The predicted molar refractivity (Wildman–Crippen MR) is 178 cm³/mol. The molecular weight excluding hydrogens is 543 g/mol. The Morgan fingerprint density at radius 1 is 0.455 bits per heavy atom. The Hall–Kier alpha value is -5.94. The molecule has 3 heterocycles. The van der Waals surface area contributed by atoms with Gasteiger partial charge in [-0.1, -0.05) is 78.9 Å². The first kappa shape index (κ1) is 24.6. The summed E-state index contributed by atoms with van der Waals surface area (Å²) in [7, 11) is 0. The molecule has 9 rings (SSSR count). The highest BCUT2D eigenvalue weighted by atomic mass is 19.1. The fourth-order valence-corrected chi connectivity index (χ4v) is 6.79. The van der Waals surface area contributed by atoms with Crippen molar-refractivity contribution in [3.8, 4) is 28.5 Å². The van der Waals surface area contributed by atoms with E-state index >= 15 is 0 Å². The van der Waals surface area contributed by atoms with Gasteiger partial charge in [-0.25, -0.2) is 9.37 Å². The minimum atomic E-state index is -0.275. The highest BCUT2D eigenvalue weighted by molar-refractivity contribution is 6.11. The number of hydrogen-bond acceptors (Lipinski definition) is 1. The van der Waals surface area contributed by atoms with Crippen LogP contribution in [0.25, 0.3) is 72.1 Å². The van der Waals surface area contributed by atoms with Crippen molar-refractivity contribution in [1.82, 2.24) is 18.7 Å².